The monoisotopic (exact) mass is 429 g/mol. The molecule has 1 heterocycles. The molecule has 1 unspecified atom stereocenters. The van der Waals surface area contributed by atoms with Crippen LogP contribution >= 0.6 is 23.2 Å². The minimum atomic E-state index is -4.72. The van der Waals surface area contributed by atoms with Gasteiger partial charge in [-0.25, -0.2) is 13.8 Å². The fraction of sp³-hybridized carbons (Fsp3) is 0.125. The first-order valence-electron chi connectivity index (χ1n) is 7.51. The van der Waals surface area contributed by atoms with Crippen molar-refractivity contribution in [2.75, 3.05) is 0 Å². The lowest BCUT2D eigenvalue weighted by Crippen LogP contribution is -2.17. The van der Waals surface area contributed by atoms with E-state index in [2.05, 4.69) is 10.1 Å². The number of aromatic nitrogens is 3. The summed E-state index contributed by atoms with van der Waals surface area (Å²) >= 11 is 12.1. The summed E-state index contributed by atoms with van der Waals surface area (Å²) in [6, 6.07) is 11.4. The van der Waals surface area contributed by atoms with Crippen LogP contribution in [0.4, 0.5) is 0 Å². The van der Waals surface area contributed by atoms with Gasteiger partial charge in [0, 0.05) is 10.6 Å². The predicted molar refractivity (Wildman–Crippen MR) is 98.4 cm³/mol. The molecule has 1 N–H and O–H groups in total. The van der Waals surface area contributed by atoms with Crippen molar-refractivity contribution in [3.8, 4) is 11.5 Å². The maximum absolute atomic E-state index is 11.2. The maximum Gasteiger partial charge on any atom is 0.398 e. The molecule has 0 saturated carbocycles. The Hall–Kier alpha value is -2.17. The molecule has 11 heteroatoms. The highest BCUT2D eigenvalue weighted by Crippen LogP contribution is 2.33. The molecule has 0 bridgehead atoms. The molecule has 0 aliphatic heterocycles. The minimum absolute atomic E-state index is 0.0309. The van der Waals surface area contributed by atoms with Gasteiger partial charge in [-0.15, -0.1) is 0 Å². The Balaban J connectivity index is 1.85. The average molecular weight is 430 g/mol. The van der Waals surface area contributed by atoms with Gasteiger partial charge in [-0.05, 0) is 36.4 Å². The van der Waals surface area contributed by atoms with Crippen molar-refractivity contribution in [1.82, 2.24) is 14.8 Å². The second-order valence-electron chi connectivity index (χ2n) is 5.37. The number of nitrogens with zero attached hydrogens (tertiary/aromatic N) is 3. The summed E-state index contributed by atoms with van der Waals surface area (Å²) in [5.41, 5.74) is 0.327. The molecule has 1 atom stereocenters. The third kappa shape index (κ3) is 5.65. The molecule has 0 aliphatic carbocycles. The third-order valence-corrected chi connectivity index (χ3v) is 4.48. The fourth-order valence-corrected chi connectivity index (χ4v) is 3.17. The first-order valence-corrected chi connectivity index (χ1v) is 9.63. The minimum Gasteiger partial charge on any atom is -0.457 e. The quantitative estimate of drug-likeness (QED) is 0.567. The lowest BCUT2D eigenvalue weighted by atomic mass is 10.1. The lowest BCUT2D eigenvalue weighted by molar-refractivity contribution is 0.161. The fourth-order valence-electron chi connectivity index (χ4n) is 2.30. The van der Waals surface area contributed by atoms with Crippen molar-refractivity contribution in [2.24, 2.45) is 0 Å². The zero-order valence-electron chi connectivity index (χ0n) is 13.6. The predicted octanol–water partition coefficient (Wildman–Crippen LogP) is 3.94. The number of halogens is 2. The highest BCUT2D eigenvalue weighted by molar-refractivity contribution is 7.80. The van der Waals surface area contributed by atoms with Gasteiger partial charge in [0.15, 0.2) is 0 Å². The topological polar surface area (TPSA) is 104 Å². The lowest BCUT2D eigenvalue weighted by Gasteiger charge is -2.18. The standard InChI is InChI=1S/C16H13Cl2N3O5S/c17-11-1-3-12(4-2-11)25-13-5-6-14(15(18)7-13)16(26-27(22,23)24)8-21-10-19-9-20-21/h1-7,9-10,16H,8H2,(H,22,23,24). The Kier molecular flexibility index (Phi) is 5.98. The van der Waals surface area contributed by atoms with Gasteiger partial charge in [-0.3, -0.25) is 4.55 Å². The number of hydrogen-bond acceptors (Lipinski definition) is 6. The molecule has 0 aliphatic rings. The van der Waals surface area contributed by atoms with E-state index in [1.165, 1.54) is 23.4 Å². The molecular formula is C16H13Cl2N3O5S. The molecule has 1 aromatic heterocycles. The average Bonchev–Trinajstić information content (AvgIpc) is 3.08. The van der Waals surface area contributed by atoms with E-state index in [0.717, 1.165) is 0 Å². The third-order valence-electron chi connectivity index (χ3n) is 3.43. The Bertz CT molecular complexity index is 1010. The molecule has 0 amide bonds. The van der Waals surface area contributed by atoms with Crippen LogP contribution in [0.1, 0.15) is 11.7 Å². The summed E-state index contributed by atoms with van der Waals surface area (Å²) in [6.45, 7) is -0.0309. The van der Waals surface area contributed by atoms with E-state index in [9.17, 15) is 8.42 Å². The summed E-state index contributed by atoms with van der Waals surface area (Å²) in [5.74, 6) is 0.981. The zero-order valence-corrected chi connectivity index (χ0v) is 15.9. The van der Waals surface area contributed by atoms with E-state index in [1.807, 2.05) is 0 Å². The Morgan fingerprint density at radius 2 is 1.81 bits per heavy atom. The van der Waals surface area contributed by atoms with Gasteiger partial charge in [0.2, 0.25) is 0 Å². The van der Waals surface area contributed by atoms with E-state index in [-0.39, 0.29) is 11.6 Å². The summed E-state index contributed by atoms with van der Waals surface area (Å²) in [7, 11) is -4.72. The number of rotatable bonds is 7. The SMILES string of the molecule is O=S(=O)(O)OC(Cn1cncn1)c1ccc(Oc2ccc(Cl)cc2)cc1Cl. The van der Waals surface area contributed by atoms with Gasteiger partial charge in [0.05, 0.1) is 11.6 Å². The van der Waals surface area contributed by atoms with Crippen molar-refractivity contribution in [3.63, 3.8) is 0 Å². The molecule has 3 aromatic rings. The molecule has 0 radical (unpaired) electrons. The van der Waals surface area contributed by atoms with Gasteiger partial charge in [0.1, 0.15) is 30.3 Å². The van der Waals surface area contributed by atoms with Gasteiger partial charge < -0.3 is 4.74 Å². The molecule has 0 fully saturated rings. The largest absolute Gasteiger partial charge is 0.457 e. The van der Waals surface area contributed by atoms with E-state index in [4.69, 9.17) is 36.7 Å². The smallest absolute Gasteiger partial charge is 0.398 e. The van der Waals surface area contributed by atoms with Gasteiger partial charge in [-0.2, -0.15) is 13.5 Å². The van der Waals surface area contributed by atoms with Crippen LogP contribution in [0.3, 0.4) is 0 Å². The molecule has 8 nitrogen and oxygen atoms in total. The molecule has 3 rings (SSSR count). The van der Waals surface area contributed by atoms with Crippen LogP contribution in [0, 0.1) is 0 Å². The van der Waals surface area contributed by atoms with E-state index in [1.54, 1.807) is 36.4 Å². The van der Waals surface area contributed by atoms with Crippen molar-refractivity contribution >= 4 is 33.6 Å². The van der Waals surface area contributed by atoms with Crippen LogP contribution in [0.2, 0.25) is 10.0 Å². The van der Waals surface area contributed by atoms with Crippen LogP contribution in [0.5, 0.6) is 11.5 Å². The highest BCUT2D eigenvalue weighted by atomic mass is 35.5. The molecule has 2 aromatic carbocycles. The summed E-state index contributed by atoms with van der Waals surface area (Å²) in [6.07, 6.45) is 1.56. The summed E-state index contributed by atoms with van der Waals surface area (Å²) in [4.78, 5) is 3.78. The second-order valence-corrected chi connectivity index (χ2v) is 7.26. The molecule has 142 valence electrons. The van der Waals surface area contributed by atoms with Crippen LogP contribution in [-0.2, 0) is 21.1 Å². The number of hydrogen-bond donors (Lipinski definition) is 1. The van der Waals surface area contributed by atoms with Crippen molar-refractivity contribution in [3.05, 3.63) is 70.7 Å². The number of benzene rings is 2. The van der Waals surface area contributed by atoms with Gasteiger partial charge >= 0.3 is 10.4 Å². The Morgan fingerprint density at radius 1 is 1.11 bits per heavy atom. The molecular weight excluding hydrogens is 417 g/mol. The molecule has 0 saturated heterocycles. The van der Waals surface area contributed by atoms with E-state index >= 15 is 0 Å². The zero-order chi connectivity index (χ0) is 19.4. The Labute approximate surface area is 165 Å². The van der Waals surface area contributed by atoms with Crippen molar-refractivity contribution in [1.29, 1.82) is 0 Å². The van der Waals surface area contributed by atoms with E-state index < -0.39 is 16.5 Å². The van der Waals surface area contributed by atoms with E-state index in [0.29, 0.717) is 22.1 Å². The van der Waals surface area contributed by atoms with Crippen LogP contribution in [-0.4, -0.2) is 27.7 Å². The highest BCUT2D eigenvalue weighted by Gasteiger charge is 2.23. The first kappa shape index (κ1) is 19.6. The van der Waals surface area contributed by atoms with Gasteiger partial charge in [-0.1, -0.05) is 29.3 Å². The van der Waals surface area contributed by atoms with Gasteiger partial charge in [0.25, 0.3) is 0 Å². The summed E-state index contributed by atoms with van der Waals surface area (Å²) in [5, 5.41) is 4.66. The van der Waals surface area contributed by atoms with Crippen molar-refractivity contribution < 1.29 is 21.9 Å². The van der Waals surface area contributed by atoms with Crippen LogP contribution in [0.25, 0.3) is 0 Å². The molecule has 27 heavy (non-hydrogen) atoms. The van der Waals surface area contributed by atoms with Crippen LogP contribution in [0.15, 0.2) is 55.1 Å². The van der Waals surface area contributed by atoms with Crippen LogP contribution < -0.4 is 4.74 Å². The number of ether oxygens (including phenoxy) is 1. The van der Waals surface area contributed by atoms with Crippen molar-refractivity contribution in [2.45, 2.75) is 12.6 Å². The second kappa shape index (κ2) is 8.24. The normalized spacial score (nSPS) is 12.7. The summed E-state index contributed by atoms with van der Waals surface area (Å²) < 4.78 is 43.2. The first-order chi connectivity index (χ1) is 12.8. The maximum atomic E-state index is 11.2. The molecule has 0 spiro atoms. The Morgan fingerprint density at radius 3 is 2.41 bits per heavy atom.